The smallest absolute Gasteiger partial charge is 0.146 e. The van der Waals surface area contributed by atoms with Gasteiger partial charge in [-0.25, -0.2) is 0 Å². The molecule has 2 aromatic carbocycles. The maximum Gasteiger partial charge on any atom is 0.146 e. The molecule has 1 aromatic heterocycles. The summed E-state index contributed by atoms with van der Waals surface area (Å²) in [5, 5.41) is 13.0. The van der Waals surface area contributed by atoms with Gasteiger partial charge in [0, 0.05) is 40.3 Å². The predicted octanol–water partition coefficient (Wildman–Crippen LogP) is 4.67. The quantitative estimate of drug-likeness (QED) is 0.707. The highest BCUT2D eigenvalue weighted by Crippen LogP contribution is 2.40. The van der Waals surface area contributed by atoms with Crippen LogP contribution in [0.25, 0.3) is 10.9 Å². The molecule has 1 saturated heterocycles. The first kappa shape index (κ1) is 17.6. The lowest BCUT2D eigenvalue weighted by Crippen LogP contribution is -2.39. The van der Waals surface area contributed by atoms with Crippen molar-refractivity contribution < 1.29 is 9.84 Å². The summed E-state index contributed by atoms with van der Waals surface area (Å²) in [4.78, 5) is 6.62. The van der Waals surface area contributed by atoms with E-state index >= 15 is 0 Å². The van der Waals surface area contributed by atoms with Gasteiger partial charge in [-0.3, -0.25) is 9.88 Å². The van der Waals surface area contributed by atoms with Crippen LogP contribution in [0.3, 0.4) is 0 Å². The van der Waals surface area contributed by atoms with Crippen molar-refractivity contribution in [3.63, 3.8) is 0 Å². The molecule has 0 unspecified atom stereocenters. The average Bonchev–Trinajstić information content (AvgIpc) is 2.66. The number of halogens is 2. The van der Waals surface area contributed by atoms with Crippen molar-refractivity contribution in [3.8, 4) is 5.75 Å². The van der Waals surface area contributed by atoms with E-state index in [-0.39, 0.29) is 11.8 Å². The van der Waals surface area contributed by atoms with Crippen LogP contribution in [-0.4, -0.2) is 41.3 Å². The zero-order valence-corrected chi connectivity index (χ0v) is 15.5. The van der Waals surface area contributed by atoms with E-state index in [0.29, 0.717) is 28.8 Å². The predicted molar refractivity (Wildman–Crippen MR) is 104 cm³/mol. The number of hydrogen-bond acceptors (Lipinski definition) is 4. The molecule has 0 saturated carbocycles. The number of ether oxygens (including phenoxy) is 1. The van der Waals surface area contributed by atoms with Crippen LogP contribution in [0.5, 0.6) is 5.75 Å². The summed E-state index contributed by atoms with van der Waals surface area (Å²) in [7, 11) is 0. The largest absolute Gasteiger partial charge is 0.505 e. The number of nitrogens with zero attached hydrogens (tertiary/aromatic N) is 2. The Hall–Kier alpha value is -1.85. The second-order valence-electron chi connectivity index (χ2n) is 6.30. The number of rotatable bonds is 3. The van der Waals surface area contributed by atoms with Gasteiger partial charge < -0.3 is 9.84 Å². The van der Waals surface area contributed by atoms with Gasteiger partial charge in [-0.1, -0.05) is 47.5 Å². The molecule has 2 heterocycles. The van der Waals surface area contributed by atoms with Crippen LogP contribution in [0.4, 0.5) is 0 Å². The standard InChI is InChI=1S/C20H18Cl2N2O2/c21-14-4-6-15(17(22)12-14)19(24-8-10-26-11-9-24)16-5-3-13-2-1-7-23-18(13)20(16)25/h1-7,12,19,25H,8-11H2/t19-/m0/s1. The average molecular weight is 389 g/mol. The lowest BCUT2D eigenvalue weighted by Gasteiger charge is -2.35. The van der Waals surface area contributed by atoms with Crippen LogP contribution in [0.2, 0.25) is 10.0 Å². The molecule has 0 spiro atoms. The Kier molecular flexibility index (Phi) is 5.00. The number of fused-ring (bicyclic) bond motifs is 1. The summed E-state index contributed by atoms with van der Waals surface area (Å²) in [6, 6.07) is 13.0. The number of benzene rings is 2. The molecule has 0 aliphatic carbocycles. The van der Waals surface area contributed by atoms with Crippen LogP contribution in [0.1, 0.15) is 17.2 Å². The highest BCUT2D eigenvalue weighted by Gasteiger charge is 2.29. The number of morpholine rings is 1. The zero-order chi connectivity index (χ0) is 18.1. The van der Waals surface area contributed by atoms with Crippen molar-refractivity contribution in [3.05, 3.63) is 69.8 Å². The maximum atomic E-state index is 11.0. The Morgan fingerprint density at radius 2 is 1.81 bits per heavy atom. The number of hydrogen-bond donors (Lipinski definition) is 1. The fourth-order valence-electron chi connectivity index (χ4n) is 3.49. The summed E-state index contributed by atoms with van der Waals surface area (Å²) in [5.74, 6) is 0.186. The topological polar surface area (TPSA) is 45.6 Å². The molecule has 1 aliphatic rings. The molecule has 0 bridgehead atoms. The van der Waals surface area contributed by atoms with E-state index in [4.69, 9.17) is 27.9 Å². The van der Waals surface area contributed by atoms with E-state index in [9.17, 15) is 5.11 Å². The number of aromatic hydroxyl groups is 1. The number of aromatic nitrogens is 1. The second-order valence-corrected chi connectivity index (χ2v) is 7.14. The van der Waals surface area contributed by atoms with Gasteiger partial charge in [0.2, 0.25) is 0 Å². The first-order valence-electron chi connectivity index (χ1n) is 8.48. The minimum Gasteiger partial charge on any atom is -0.505 e. The van der Waals surface area contributed by atoms with Crippen molar-refractivity contribution in [2.45, 2.75) is 6.04 Å². The summed E-state index contributed by atoms with van der Waals surface area (Å²) in [5.41, 5.74) is 2.28. The summed E-state index contributed by atoms with van der Waals surface area (Å²) >= 11 is 12.6. The molecule has 1 fully saturated rings. The van der Waals surface area contributed by atoms with E-state index in [2.05, 4.69) is 9.88 Å². The molecule has 6 heteroatoms. The van der Waals surface area contributed by atoms with E-state index in [1.807, 2.05) is 36.4 Å². The van der Waals surface area contributed by atoms with Crippen LogP contribution in [0.15, 0.2) is 48.7 Å². The minimum atomic E-state index is -0.199. The van der Waals surface area contributed by atoms with Crippen LogP contribution in [0, 0.1) is 0 Å². The van der Waals surface area contributed by atoms with Gasteiger partial charge in [-0.15, -0.1) is 0 Å². The molecule has 1 atom stereocenters. The highest BCUT2D eigenvalue weighted by atomic mass is 35.5. The molecule has 134 valence electrons. The van der Waals surface area contributed by atoms with Gasteiger partial charge in [0.15, 0.2) is 0 Å². The number of phenolic OH excluding ortho intramolecular Hbond substituents is 1. The lowest BCUT2D eigenvalue weighted by molar-refractivity contribution is 0.0236. The summed E-state index contributed by atoms with van der Waals surface area (Å²) in [6.07, 6.45) is 1.69. The Morgan fingerprint density at radius 3 is 2.58 bits per heavy atom. The van der Waals surface area contributed by atoms with Gasteiger partial charge >= 0.3 is 0 Å². The molecular formula is C20H18Cl2N2O2. The molecule has 0 amide bonds. The third-order valence-corrected chi connectivity index (χ3v) is 5.30. The first-order valence-corrected chi connectivity index (χ1v) is 9.24. The Balaban J connectivity index is 1.89. The van der Waals surface area contributed by atoms with Crippen molar-refractivity contribution in [2.75, 3.05) is 26.3 Å². The summed E-state index contributed by atoms with van der Waals surface area (Å²) in [6.45, 7) is 2.80. The number of pyridine rings is 1. The van der Waals surface area contributed by atoms with Crippen LogP contribution >= 0.6 is 23.2 Å². The van der Waals surface area contributed by atoms with E-state index in [1.165, 1.54) is 0 Å². The third-order valence-electron chi connectivity index (χ3n) is 4.74. The fraction of sp³-hybridized carbons (Fsp3) is 0.250. The van der Waals surface area contributed by atoms with E-state index in [1.54, 1.807) is 12.3 Å². The second kappa shape index (κ2) is 7.41. The van der Waals surface area contributed by atoms with Crippen LogP contribution in [-0.2, 0) is 4.74 Å². The van der Waals surface area contributed by atoms with E-state index in [0.717, 1.165) is 29.6 Å². The first-order chi connectivity index (χ1) is 12.6. The minimum absolute atomic E-state index is 0.186. The lowest BCUT2D eigenvalue weighted by atomic mass is 9.94. The van der Waals surface area contributed by atoms with Gasteiger partial charge in [0.25, 0.3) is 0 Å². The molecular weight excluding hydrogens is 371 g/mol. The summed E-state index contributed by atoms with van der Waals surface area (Å²) < 4.78 is 5.50. The number of phenols is 1. The zero-order valence-electron chi connectivity index (χ0n) is 14.0. The molecule has 26 heavy (non-hydrogen) atoms. The van der Waals surface area contributed by atoms with Gasteiger partial charge in [-0.2, -0.15) is 0 Å². The van der Waals surface area contributed by atoms with Crippen molar-refractivity contribution in [2.24, 2.45) is 0 Å². The Labute approximate surface area is 161 Å². The van der Waals surface area contributed by atoms with Crippen LogP contribution < -0.4 is 0 Å². The molecule has 3 aromatic rings. The SMILES string of the molecule is Oc1c([C@H](c2ccc(Cl)cc2Cl)N2CCOCC2)ccc2cccnc12. The normalized spacial score (nSPS) is 16.7. The molecule has 4 nitrogen and oxygen atoms in total. The molecule has 1 aliphatic heterocycles. The molecule has 4 rings (SSSR count). The fourth-order valence-corrected chi connectivity index (χ4v) is 4.00. The molecule has 0 radical (unpaired) electrons. The van der Waals surface area contributed by atoms with Crippen molar-refractivity contribution in [1.29, 1.82) is 0 Å². The van der Waals surface area contributed by atoms with Gasteiger partial charge in [-0.05, 0) is 23.8 Å². The van der Waals surface area contributed by atoms with E-state index < -0.39 is 0 Å². The van der Waals surface area contributed by atoms with Crippen molar-refractivity contribution in [1.82, 2.24) is 9.88 Å². The monoisotopic (exact) mass is 388 g/mol. The van der Waals surface area contributed by atoms with Gasteiger partial charge in [0.1, 0.15) is 11.3 Å². The Morgan fingerprint density at radius 1 is 1.04 bits per heavy atom. The third kappa shape index (κ3) is 3.26. The van der Waals surface area contributed by atoms with Gasteiger partial charge in [0.05, 0.1) is 19.3 Å². The highest BCUT2D eigenvalue weighted by molar-refractivity contribution is 6.35. The molecule has 1 N–H and O–H groups in total. The Bertz CT molecular complexity index is 942. The van der Waals surface area contributed by atoms with Crippen molar-refractivity contribution >= 4 is 34.1 Å². The maximum absolute atomic E-state index is 11.0.